The van der Waals surface area contributed by atoms with Crippen LogP contribution in [-0.2, 0) is 4.79 Å². The van der Waals surface area contributed by atoms with Crippen molar-refractivity contribution >= 4 is 46.3 Å². The molecule has 2 aliphatic rings. The van der Waals surface area contributed by atoms with Crippen LogP contribution in [0.1, 0.15) is 21.5 Å². The summed E-state index contributed by atoms with van der Waals surface area (Å²) >= 11 is 1.18. The van der Waals surface area contributed by atoms with E-state index in [0.29, 0.717) is 22.0 Å². The van der Waals surface area contributed by atoms with Crippen molar-refractivity contribution in [2.24, 2.45) is 10.1 Å². The Labute approximate surface area is 176 Å². The topological polar surface area (TPSA) is 104 Å². The number of thioether (sulfide) groups is 1. The molecule has 2 aliphatic heterocycles. The highest BCUT2D eigenvalue weighted by atomic mass is 32.2. The van der Waals surface area contributed by atoms with Crippen molar-refractivity contribution in [1.29, 1.82) is 5.41 Å². The van der Waals surface area contributed by atoms with Crippen molar-refractivity contribution in [2.45, 2.75) is 6.92 Å². The van der Waals surface area contributed by atoms with Gasteiger partial charge in [0.05, 0.1) is 23.8 Å². The van der Waals surface area contributed by atoms with E-state index in [4.69, 9.17) is 14.9 Å². The van der Waals surface area contributed by atoms with Crippen LogP contribution in [0, 0.1) is 12.3 Å². The molecule has 0 unspecified atom stereocenters. The second kappa shape index (κ2) is 7.96. The summed E-state index contributed by atoms with van der Waals surface area (Å²) in [5, 5.41) is 13.9. The van der Waals surface area contributed by atoms with Gasteiger partial charge in [-0.05, 0) is 54.6 Å². The molecular formula is C21H16N4O4S. The van der Waals surface area contributed by atoms with Crippen molar-refractivity contribution < 1.29 is 19.1 Å². The van der Waals surface area contributed by atoms with Crippen LogP contribution in [0.3, 0.4) is 0 Å². The fraction of sp³-hybridized carbons (Fsp3) is 0.0952. The first-order chi connectivity index (χ1) is 14.5. The van der Waals surface area contributed by atoms with E-state index in [9.17, 15) is 9.59 Å². The number of esters is 1. The molecule has 1 N–H and O–H groups in total. The van der Waals surface area contributed by atoms with E-state index in [2.05, 4.69) is 10.1 Å². The number of nitrogens with one attached hydrogen (secondary N) is 1. The van der Waals surface area contributed by atoms with E-state index in [0.717, 1.165) is 5.56 Å². The molecule has 4 rings (SSSR count). The van der Waals surface area contributed by atoms with Gasteiger partial charge in [0.15, 0.2) is 22.5 Å². The zero-order valence-electron chi connectivity index (χ0n) is 16.1. The Morgan fingerprint density at radius 3 is 2.80 bits per heavy atom. The van der Waals surface area contributed by atoms with Crippen LogP contribution in [0.15, 0.2) is 58.1 Å². The van der Waals surface area contributed by atoms with Gasteiger partial charge in [0.2, 0.25) is 0 Å². The molecule has 0 radical (unpaired) electrons. The summed E-state index contributed by atoms with van der Waals surface area (Å²) in [4.78, 5) is 28.7. The van der Waals surface area contributed by atoms with E-state index >= 15 is 0 Å². The third-order valence-corrected chi connectivity index (χ3v) is 5.03. The summed E-state index contributed by atoms with van der Waals surface area (Å²) in [5.74, 6) is -0.506. The summed E-state index contributed by atoms with van der Waals surface area (Å²) in [6.07, 6.45) is 1.53. The summed E-state index contributed by atoms with van der Waals surface area (Å²) in [7, 11) is 1.46. The number of nitrogens with zero attached hydrogens (tertiary/aromatic N) is 3. The molecule has 2 aromatic carbocycles. The molecule has 0 aromatic heterocycles. The van der Waals surface area contributed by atoms with E-state index in [1.54, 1.807) is 36.4 Å². The fourth-order valence-corrected chi connectivity index (χ4v) is 3.50. The molecule has 30 heavy (non-hydrogen) atoms. The average molecular weight is 420 g/mol. The van der Waals surface area contributed by atoms with Gasteiger partial charge in [-0.1, -0.05) is 23.8 Å². The number of fused-ring (bicyclic) bond motifs is 1. The number of benzene rings is 2. The Kier molecular flexibility index (Phi) is 5.20. The quantitative estimate of drug-likeness (QED) is 0.461. The molecule has 0 saturated heterocycles. The van der Waals surface area contributed by atoms with Crippen molar-refractivity contribution in [3.8, 4) is 11.5 Å². The molecule has 8 nitrogen and oxygen atoms in total. The Morgan fingerprint density at radius 2 is 2.03 bits per heavy atom. The second-order valence-corrected chi connectivity index (χ2v) is 7.24. The van der Waals surface area contributed by atoms with Crippen LogP contribution >= 0.6 is 11.8 Å². The number of hydrogen-bond donors (Lipinski definition) is 1. The molecule has 1 amide bonds. The largest absolute Gasteiger partial charge is 0.493 e. The van der Waals surface area contributed by atoms with Gasteiger partial charge in [0, 0.05) is 0 Å². The predicted octanol–water partition coefficient (Wildman–Crippen LogP) is 3.47. The van der Waals surface area contributed by atoms with Crippen LogP contribution in [0.25, 0.3) is 6.08 Å². The summed E-state index contributed by atoms with van der Waals surface area (Å²) < 4.78 is 10.8. The highest BCUT2D eigenvalue weighted by Gasteiger charge is 2.32. The van der Waals surface area contributed by atoms with Crippen molar-refractivity contribution in [2.75, 3.05) is 7.11 Å². The molecule has 0 saturated carbocycles. The van der Waals surface area contributed by atoms with Gasteiger partial charge in [-0.15, -0.1) is 0 Å². The molecular weight excluding hydrogens is 404 g/mol. The number of amides is 1. The third-order valence-electron chi connectivity index (χ3n) is 4.35. The Hall–Kier alpha value is -3.72. The first kappa shape index (κ1) is 19.6. The van der Waals surface area contributed by atoms with Crippen molar-refractivity contribution in [1.82, 2.24) is 5.01 Å². The lowest BCUT2D eigenvalue weighted by Crippen LogP contribution is -2.35. The lowest BCUT2D eigenvalue weighted by atomic mass is 10.1. The van der Waals surface area contributed by atoms with Crippen molar-refractivity contribution in [3.63, 3.8) is 0 Å². The van der Waals surface area contributed by atoms with Crippen LogP contribution < -0.4 is 9.47 Å². The number of amidine groups is 2. The van der Waals surface area contributed by atoms with E-state index in [1.807, 2.05) is 13.0 Å². The number of methoxy groups -OCH3 is 1. The third kappa shape index (κ3) is 3.74. The summed E-state index contributed by atoms with van der Waals surface area (Å²) in [6.45, 7) is 1.89. The second-order valence-electron chi connectivity index (χ2n) is 6.43. The van der Waals surface area contributed by atoms with Gasteiger partial charge < -0.3 is 9.47 Å². The molecule has 0 bridgehead atoms. The number of ether oxygens (including phenoxy) is 2. The smallest absolute Gasteiger partial charge is 0.343 e. The normalized spacial score (nSPS) is 16.5. The predicted molar refractivity (Wildman–Crippen MR) is 115 cm³/mol. The maximum atomic E-state index is 12.4. The minimum Gasteiger partial charge on any atom is -0.493 e. The Morgan fingerprint density at radius 1 is 1.20 bits per heavy atom. The standard InChI is InChI=1S/C21H16N4O4S/c1-12-4-3-5-14(8-12)20(27)29-16-7-6-13(10-17(16)28-2)9-15-18(22)25-21(24-19(15)26)30-11-23-25/h3-11,22H,1-2H3/b15-9-,22-18?. The van der Waals surface area contributed by atoms with Gasteiger partial charge in [0.25, 0.3) is 5.91 Å². The molecule has 150 valence electrons. The lowest BCUT2D eigenvalue weighted by Gasteiger charge is -2.20. The number of carbonyl (C=O) groups is 2. The number of hydrazone groups is 1. The van der Waals surface area contributed by atoms with Crippen molar-refractivity contribution in [3.05, 3.63) is 64.7 Å². The van der Waals surface area contributed by atoms with Crippen LogP contribution in [0.4, 0.5) is 0 Å². The highest BCUT2D eigenvalue weighted by Crippen LogP contribution is 2.31. The van der Waals surface area contributed by atoms with E-state index in [1.165, 1.54) is 35.5 Å². The minimum atomic E-state index is -0.516. The number of aliphatic imine (C=N–C) groups is 1. The van der Waals surface area contributed by atoms with E-state index in [-0.39, 0.29) is 17.2 Å². The molecule has 2 heterocycles. The zero-order chi connectivity index (χ0) is 21.3. The first-order valence-electron chi connectivity index (χ1n) is 8.86. The molecule has 0 spiro atoms. The fourth-order valence-electron chi connectivity index (χ4n) is 2.89. The number of carbonyl (C=O) groups excluding carboxylic acids is 2. The van der Waals surface area contributed by atoms with Crippen LogP contribution in [-0.4, -0.2) is 40.5 Å². The molecule has 2 aromatic rings. The van der Waals surface area contributed by atoms with Crippen LogP contribution in [0.2, 0.25) is 0 Å². The maximum absolute atomic E-state index is 12.4. The van der Waals surface area contributed by atoms with Gasteiger partial charge in [0.1, 0.15) is 0 Å². The van der Waals surface area contributed by atoms with E-state index < -0.39 is 11.9 Å². The molecule has 9 heteroatoms. The number of hydrogen-bond acceptors (Lipinski definition) is 7. The Bertz CT molecular complexity index is 1170. The van der Waals surface area contributed by atoms with Gasteiger partial charge >= 0.3 is 5.97 Å². The Balaban J connectivity index is 1.60. The van der Waals surface area contributed by atoms with Gasteiger partial charge in [-0.25, -0.2) is 4.79 Å². The monoisotopic (exact) mass is 420 g/mol. The zero-order valence-corrected chi connectivity index (χ0v) is 16.9. The molecule has 0 aliphatic carbocycles. The van der Waals surface area contributed by atoms with Crippen LogP contribution in [0.5, 0.6) is 11.5 Å². The number of aryl methyl sites for hydroxylation is 1. The summed E-state index contributed by atoms with van der Waals surface area (Å²) in [5.41, 5.74) is 3.59. The van der Waals surface area contributed by atoms with Gasteiger partial charge in [-0.2, -0.15) is 15.1 Å². The highest BCUT2D eigenvalue weighted by molar-refractivity contribution is 8.25. The molecule has 0 atom stereocenters. The molecule has 0 fully saturated rings. The minimum absolute atomic E-state index is 0.0554. The first-order valence-corrected chi connectivity index (χ1v) is 9.74. The lowest BCUT2D eigenvalue weighted by molar-refractivity contribution is -0.114. The SMILES string of the molecule is COc1cc(/C=C2/C(=N)N3N=CSC3=NC2=O)ccc1OC(=O)c1cccc(C)c1. The maximum Gasteiger partial charge on any atom is 0.343 e. The van der Waals surface area contributed by atoms with Gasteiger partial charge in [-0.3, -0.25) is 10.2 Å². The number of rotatable bonds is 4. The summed E-state index contributed by atoms with van der Waals surface area (Å²) in [6, 6.07) is 11.9. The average Bonchev–Trinajstić information content (AvgIpc) is 3.20.